The fourth-order valence-electron chi connectivity index (χ4n) is 2.81. The van der Waals surface area contributed by atoms with Gasteiger partial charge in [0, 0.05) is 44.1 Å². The monoisotopic (exact) mass is 290 g/mol. The molecule has 2 rings (SSSR count). The molecule has 1 aliphatic rings. The third-order valence-corrected chi connectivity index (χ3v) is 4.29. The van der Waals surface area contributed by atoms with Crippen molar-refractivity contribution in [2.75, 3.05) is 38.3 Å². The summed E-state index contributed by atoms with van der Waals surface area (Å²) >= 11 is 0. The molecule has 1 aliphatic heterocycles. The van der Waals surface area contributed by atoms with Gasteiger partial charge >= 0.3 is 0 Å². The number of likely N-dealkylation sites (tertiary alicyclic amines) is 1. The summed E-state index contributed by atoms with van der Waals surface area (Å²) in [4.78, 5) is 16.8. The predicted molar refractivity (Wildman–Crippen MR) is 87.8 cm³/mol. The first kappa shape index (κ1) is 15.6. The van der Waals surface area contributed by atoms with Gasteiger partial charge in [0.15, 0.2) is 0 Å². The van der Waals surface area contributed by atoms with Crippen molar-refractivity contribution in [3.05, 3.63) is 23.8 Å². The maximum Gasteiger partial charge on any atom is 0.253 e. The van der Waals surface area contributed by atoms with Crippen LogP contribution in [0.2, 0.25) is 0 Å². The predicted octanol–water partition coefficient (Wildman–Crippen LogP) is 1.55. The van der Waals surface area contributed by atoms with Crippen LogP contribution < -0.4 is 16.0 Å². The number of nitrogens with zero attached hydrogens (tertiary/aromatic N) is 2. The molecule has 1 amide bonds. The number of anilines is 2. The van der Waals surface area contributed by atoms with E-state index in [1.165, 1.54) is 0 Å². The second-order valence-corrected chi connectivity index (χ2v) is 6.20. The maximum atomic E-state index is 12.6. The van der Waals surface area contributed by atoms with Gasteiger partial charge in [0.05, 0.1) is 5.56 Å². The highest BCUT2D eigenvalue weighted by atomic mass is 16.1. The van der Waals surface area contributed by atoms with Crippen LogP contribution in [0.25, 0.3) is 0 Å². The molecule has 0 aliphatic carbocycles. The molecule has 0 spiro atoms. The molecule has 0 aromatic heterocycles. The molecule has 5 heteroatoms. The maximum absolute atomic E-state index is 12.6. The summed E-state index contributed by atoms with van der Waals surface area (Å²) in [6.45, 7) is 3.22. The quantitative estimate of drug-likeness (QED) is 0.829. The van der Waals surface area contributed by atoms with Crippen LogP contribution in [0.4, 0.5) is 11.4 Å². The summed E-state index contributed by atoms with van der Waals surface area (Å²) in [7, 11) is 5.99. The first-order chi connectivity index (χ1) is 9.88. The largest absolute Gasteiger partial charge is 0.399 e. The average Bonchev–Trinajstić information content (AvgIpc) is 2.42. The zero-order chi connectivity index (χ0) is 15.6. The molecular weight excluding hydrogens is 264 g/mol. The zero-order valence-corrected chi connectivity index (χ0v) is 13.4. The van der Waals surface area contributed by atoms with Crippen molar-refractivity contribution in [1.82, 2.24) is 10.2 Å². The van der Waals surface area contributed by atoms with Gasteiger partial charge in [-0.3, -0.25) is 4.79 Å². The average molecular weight is 290 g/mol. The fourth-order valence-corrected chi connectivity index (χ4v) is 2.81. The highest BCUT2D eigenvalue weighted by Crippen LogP contribution is 2.22. The molecule has 1 saturated heterocycles. The van der Waals surface area contributed by atoms with Crippen LogP contribution in [0.1, 0.15) is 30.1 Å². The van der Waals surface area contributed by atoms with Crippen molar-refractivity contribution in [2.24, 2.45) is 0 Å². The Hall–Kier alpha value is -1.75. The molecule has 1 heterocycles. The zero-order valence-electron chi connectivity index (χ0n) is 13.4. The van der Waals surface area contributed by atoms with Crippen LogP contribution in [0.5, 0.6) is 0 Å². The summed E-state index contributed by atoms with van der Waals surface area (Å²) in [5.41, 5.74) is 7.98. The molecule has 2 atom stereocenters. The second-order valence-electron chi connectivity index (χ2n) is 6.20. The number of nitrogens with two attached hydrogens (primary N) is 1. The highest BCUT2D eigenvalue weighted by molar-refractivity contribution is 6.00. The van der Waals surface area contributed by atoms with Crippen LogP contribution in [0, 0.1) is 0 Å². The molecule has 3 N–H and O–H groups in total. The van der Waals surface area contributed by atoms with Crippen molar-refractivity contribution >= 4 is 17.3 Å². The molecule has 5 nitrogen and oxygen atoms in total. The number of benzene rings is 1. The van der Waals surface area contributed by atoms with E-state index in [2.05, 4.69) is 24.2 Å². The van der Waals surface area contributed by atoms with E-state index in [1.807, 2.05) is 31.1 Å². The number of amides is 1. The smallest absolute Gasteiger partial charge is 0.253 e. The van der Waals surface area contributed by atoms with E-state index in [-0.39, 0.29) is 11.9 Å². The Kier molecular flexibility index (Phi) is 4.73. The van der Waals surface area contributed by atoms with Crippen molar-refractivity contribution < 1.29 is 4.79 Å². The lowest BCUT2D eigenvalue weighted by atomic mass is 9.98. The van der Waals surface area contributed by atoms with E-state index in [9.17, 15) is 4.79 Å². The first-order valence-electron chi connectivity index (χ1n) is 7.46. The summed E-state index contributed by atoms with van der Waals surface area (Å²) < 4.78 is 0. The lowest BCUT2D eigenvalue weighted by molar-refractivity contribution is 0.0897. The Bertz CT molecular complexity index is 515. The van der Waals surface area contributed by atoms with Crippen LogP contribution >= 0.6 is 0 Å². The number of rotatable bonds is 3. The van der Waals surface area contributed by atoms with Gasteiger partial charge in [-0.25, -0.2) is 0 Å². The summed E-state index contributed by atoms with van der Waals surface area (Å²) in [6.07, 6.45) is 1.98. The molecule has 1 aromatic carbocycles. The third-order valence-electron chi connectivity index (χ3n) is 4.29. The lowest BCUT2D eigenvalue weighted by Crippen LogP contribution is -2.47. The van der Waals surface area contributed by atoms with Crippen LogP contribution in [-0.2, 0) is 0 Å². The minimum atomic E-state index is -0.0345. The van der Waals surface area contributed by atoms with Crippen molar-refractivity contribution in [3.8, 4) is 0 Å². The molecule has 0 bridgehead atoms. The van der Waals surface area contributed by atoms with E-state index in [1.54, 1.807) is 6.07 Å². The summed E-state index contributed by atoms with van der Waals surface area (Å²) in [5, 5.41) is 3.16. The number of nitrogen functional groups attached to an aromatic ring is 1. The van der Waals surface area contributed by atoms with Gasteiger partial charge in [0.2, 0.25) is 0 Å². The van der Waals surface area contributed by atoms with Gasteiger partial charge in [0.1, 0.15) is 0 Å². The van der Waals surface area contributed by atoms with E-state index in [4.69, 9.17) is 5.73 Å². The van der Waals surface area contributed by atoms with E-state index >= 15 is 0 Å². The summed E-state index contributed by atoms with van der Waals surface area (Å²) in [5.74, 6) is -0.0345. The van der Waals surface area contributed by atoms with Gasteiger partial charge in [-0.1, -0.05) is 0 Å². The van der Waals surface area contributed by atoms with Gasteiger partial charge < -0.3 is 20.9 Å². The molecule has 116 valence electrons. The van der Waals surface area contributed by atoms with Gasteiger partial charge in [-0.05, 0) is 45.0 Å². The lowest BCUT2D eigenvalue weighted by Gasteiger charge is -2.35. The van der Waals surface area contributed by atoms with E-state index < -0.39 is 0 Å². The number of carbonyl (C=O) groups excluding carboxylic acids is 1. The molecule has 1 fully saturated rings. The van der Waals surface area contributed by atoms with Crippen LogP contribution in [-0.4, -0.2) is 50.6 Å². The Morgan fingerprint density at radius 1 is 1.43 bits per heavy atom. The first-order valence-corrected chi connectivity index (χ1v) is 7.46. The molecule has 0 saturated carbocycles. The number of nitrogens with one attached hydrogen (secondary N) is 1. The Balaban J connectivity index is 2.12. The summed E-state index contributed by atoms with van der Waals surface area (Å²) in [6, 6.07) is 6.20. The molecule has 0 radical (unpaired) electrons. The Morgan fingerprint density at radius 2 is 2.14 bits per heavy atom. The highest BCUT2D eigenvalue weighted by Gasteiger charge is 2.25. The van der Waals surface area contributed by atoms with Gasteiger partial charge in [-0.2, -0.15) is 0 Å². The van der Waals surface area contributed by atoms with Crippen LogP contribution in [0.3, 0.4) is 0 Å². The standard InChI is InChI=1S/C16H26N4O/c1-11-9-13(7-8-20(11)4)18-16(21)14-10-12(17)5-6-15(14)19(2)3/h5-6,10-11,13H,7-9,17H2,1-4H3,(H,18,21). The molecular formula is C16H26N4O. The van der Waals surface area contributed by atoms with Gasteiger partial charge in [0.25, 0.3) is 5.91 Å². The SMILES string of the molecule is CC1CC(NC(=O)c2cc(N)ccc2N(C)C)CCN1C. The molecule has 1 aromatic rings. The molecule has 21 heavy (non-hydrogen) atoms. The number of carbonyl (C=O) groups is 1. The van der Waals surface area contributed by atoms with Crippen LogP contribution in [0.15, 0.2) is 18.2 Å². The number of hydrogen-bond donors (Lipinski definition) is 2. The second kappa shape index (κ2) is 6.35. The number of hydrogen-bond acceptors (Lipinski definition) is 4. The minimum Gasteiger partial charge on any atom is -0.399 e. The van der Waals surface area contributed by atoms with Crippen molar-refractivity contribution in [1.29, 1.82) is 0 Å². The van der Waals surface area contributed by atoms with E-state index in [0.29, 0.717) is 17.3 Å². The Labute approximate surface area is 127 Å². The normalized spacial score (nSPS) is 22.9. The van der Waals surface area contributed by atoms with Crippen molar-refractivity contribution in [2.45, 2.75) is 31.8 Å². The fraction of sp³-hybridized carbons (Fsp3) is 0.562. The van der Waals surface area contributed by atoms with Gasteiger partial charge in [-0.15, -0.1) is 0 Å². The molecule has 2 unspecified atom stereocenters. The van der Waals surface area contributed by atoms with Crippen molar-refractivity contribution in [3.63, 3.8) is 0 Å². The third kappa shape index (κ3) is 3.67. The van der Waals surface area contributed by atoms with E-state index in [0.717, 1.165) is 25.1 Å². The minimum absolute atomic E-state index is 0.0345. The number of piperidine rings is 1. The topological polar surface area (TPSA) is 61.6 Å². The Morgan fingerprint density at radius 3 is 2.76 bits per heavy atom.